The zero-order valence-corrected chi connectivity index (χ0v) is 11.9. The molecule has 0 amide bonds. The van der Waals surface area contributed by atoms with Gasteiger partial charge >= 0.3 is 0 Å². The maximum absolute atomic E-state index is 9.56. The largest absolute Gasteiger partial charge is 0.438 e. The molecule has 3 aromatic rings. The number of aliphatic hydroxyl groups excluding tert-OH is 1. The zero-order valence-electron chi connectivity index (χ0n) is 11.9. The van der Waals surface area contributed by atoms with Crippen molar-refractivity contribution in [1.82, 2.24) is 4.98 Å². The van der Waals surface area contributed by atoms with E-state index in [1.54, 1.807) is 0 Å². The predicted molar refractivity (Wildman–Crippen MR) is 83.6 cm³/mol. The van der Waals surface area contributed by atoms with Crippen molar-refractivity contribution < 1.29 is 9.84 Å². The summed E-state index contributed by atoms with van der Waals surface area (Å²) in [5.41, 5.74) is 2.68. The molecular weight excluding hydrogens is 262 g/mol. The number of nitrogens with zero attached hydrogens (tertiary/aromatic N) is 1. The lowest BCUT2D eigenvalue weighted by Gasteiger charge is -2.12. The van der Waals surface area contributed by atoms with E-state index in [9.17, 15) is 5.11 Å². The van der Waals surface area contributed by atoms with Crippen molar-refractivity contribution in [2.75, 3.05) is 0 Å². The first kappa shape index (κ1) is 13.6. The third-order valence-corrected chi connectivity index (χ3v) is 3.49. The molecule has 1 heterocycles. The third-order valence-electron chi connectivity index (χ3n) is 3.49. The van der Waals surface area contributed by atoms with Gasteiger partial charge in [-0.05, 0) is 30.2 Å². The second kappa shape index (κ2) is 5.94. The van der Waals surface area contributed by atoms with Crippen LogP contribution in [0.4, 0.5) is 0 Å². The molecule has 21 heavy (non-hydrogen) atoms. The SMILES string of the molecule is CCc1ccccc1Oc1nc2ccccc2cc1CO. The van der Waals surface area contributed by atoms with Crippen LogP contribution in [0.3, 0.4) is 0 Å². The smallest absolute Gasteiger partial charge is 0.225 e. The highest BCUT2D eigenvalue weighted by Gasteiger charge is 2.10. The molecule has 1 N–H and O–H groups in total. The lowest BCUT2D eigenvalue weighted by Crippen LogP contribution is -1.97. The summed E-state index contributed by atoms with van der Waals surface area (Å²) in [6.45, 7) is 1.99. The molecule has 0 bridgehead atoms. The van der Waals surface area contributed by atoms with Gasteiger partial charge in [0.2, 0.25) is 5.88 Å². The van der Waals surface area contributed by atoms with Gasteiger partial charge < -0.3 is 9.84 Å². The molecular formula is C18H17NO2. The van der Waals surface area contributed by atoms with Crippen molar-refractivity contribution >= 4 is 10.9 Å². The van der Waals surface area contributed by atoms with Gasteiger partial charge in [0.1, 0.15) is 5.75 Å². The summed E-state index contributed by atoms with van der Waals surface area (Å²) in [6, 6.07) is 17.6. The molecule has 2 aromatic carbocycles. The number of benzene rings is 2. The topological polar surface area (TPSA) is 42.4 Å². The number of rotatable bonds is 4. The highest BCUT2D eigenvalue weighted by Crippen LogP contribution is 2.29. The Hall–Kier alpha value is -2.39. The molecule has 3 rings (SSSR count). The molecule has 1 aromatic heterocycles. The lowest BCUT2D eigenvalue weighted by atomic mass is 10.1. The molecule has 0 aliphatic carbocycles. The van der Waals surface area contributed by atoms with Crippen LogP contribution in [0, 0.1) is 0 Å². The highest BCUT2D eigenvalue weighted by atomic mass is 16.5. The van der Waals surface area contributed by atoms with Crippen LogP contribution in [-0.4, -0.2) is 10.1 Å². The van der Waals surface area contributed by atoms with Gasteiger partial charge in [-0.25, -0.2) is 4.98 Å². The first-order valence-electron chi connectivity index (χ1n) is 7.07. The van der Waals surface area contributed by atoms with Crippen molar-refractivity contribution in [3.05, 3.63) is 65.7 Å². The van der Waals surface area contributed by atoms with E-state index in [2.05, 4.69) is 11.9 Å². The summed E-state index contributed by atoms with van der Waals surface area (Å²) >= 11 is 0. The van der Waals surface area contributed by atoms with Crippen molar-refractivity contribution in [2.45, 2.75) is 20.0 Å². The Morgan fingerprint density at radius 2 is 1.76 bits per heavy atom. The Kier molecular flexibility index (Phi) is 3.84. The van der Waals surface area contributed by atoms with E-state index >= 15 is 0 Å². The van der Waals surface area contributed by atoms with Crippen LogP contribution in [0.25, 0.3) is 10.9 Å². The minimum atomic E-state index is -0.0958. The number of fused-ring (bicyclic) bond motifs is 1. The van der Waals surface area contributed by atoms with Gasteiger partial charge in [-0.3, -0.25) is 0 Å². The number of ether oxygens (including phenoxy) is 1. The van der Waals surface area contributed by atoms with Gasteiger partial charge in [0.25, 0.3) is 0 Å². The van der Waals surface area contributed by atoms with Gasteiger partial charge in [-0.1, -0.05) is 43.3 Å². The van der Waals surface area contributed by atoms with E-state index in [-0.39, 0.29) is 6.61 Å². The number of para-hydroxylation sites is 2. The Morgan fingerprint density at radius 3 is 2.57 bits per heavy atom. The Bertz CT molecular complexity index is 768. The highest BCUT2D eigenvalue weighted by molar-refractivity contribution is 5.80. The summed E-state index contributed by atoms with van der Waals surface area (Å²) in [5.74, 6) is 1.26. The molecule has 0 saturated heterocycles. The standard InChI is InChI=1S/C18H17NO2/c1-2-13-7-4-6-10-17(13)21-18-15(12-20)11-14-8-3-5-9-16(14)19-18/h3-11,20H,2,12H2,1H3. The summed E-state index contributed by atoms with van der Waals surface area (Å²) in [7, 11) is 0. The van der Waals surface area contributed by atoms with Crippen LogP contribution in [0.2, 0.25) is 0 Å². The van der Waals surface area contributed by atoms with E-state index in [0.29, 0.717) is 11.4 Å². The van der Waals surface area contributed by atoms with Crippen LogP contribution in [-0.2, 0) is 13.0 Å². The second-order valence-electron chi connectivity index (χ2n) is 4.87. The number of hydrogen-bond acceptors (Lipinski definition) is 3. The molecule has 0 aliphatic rings. The molecule has 0 aliphatic heterocycles. The van der Waals surface area contributed by atoms with Gasteiger partial charge in [0, 0.05) is 10.9 Å². The first-order valence-corrected chi connectivity index (χ1v) is 7.07. The number of aromatic nitrogens is 1. The van der Waals surface area contributed by atoms with Crippen LogP contribution in [0.1, 0.15) is 18.1 Å². The van der Waals surface area contributed by atoms with Crippen LogP contribution in [0.15, 0.2) is 54.6 Å². The van der Waals surface area contributed by atoms with Gasteiger partial charge in [-0.2, -0.15) is 0 Å². The molecule has 0 atom stereocenters. The van der Waals surface area contributed by atoms with Crippen LogP contribution < -0.4 is 4.74 Å². The first-order chi connectivity index (χ1) is 10.3. The van der Waals surface area contributed by atoms with Gasteiger partial charge in [0.15, 0.2) is 0 Å². The number of aliphatic hydroxyl groups is 1. The van der Waals surface area contributed by atoms with Gasteiger partial charge in [0.05, 0.1) is 12.1 Å². The lowest BCUT2D eigenvalue weighted by molar-refractivity contribution is 0.275. The van der Waals surface area contributed by atoms with Crippen molar-refractivity contribution in [2.24, 2.45) is 0 Å². The summed E-state index contributed by atoms with van der Waals surface area (Å²) < 4.78 is 5.96. The summed E-state index contributed by atoms with van der Waals surface area (Å²) in [5, 5.41) is 10.6. The fraction of sp³-hybridized carbons (Fsp3) is 0.167. The molecule has 0 saturated carbocycles. The van der Waals surface area contributed by atoms with Crippen molar-refractivity contribution in [3.8, 4) is 11.6 Å². The fourth-order valence-corrected chi connectivity index (χ4v) is 2.34. The average molecular weight is 279 g/mol. The summed E-state index contributed by atoms with van der Waals surface area (Å²) in [4.78, 5) is 4.53. The van der Waals surface area contributed by atoms with E-state index in [1.807, 2.05) is 54.6 Å². The number of aryl methyl sites for hydroxylation is 1. The number of hydrogen-bond donors (Lipinski definition) is 1. The van der Waals surface area contributed by atoms with Crippen LogP contribution in [0.5, 0.6) is 11.6 Å². The van der Waals surface area contributed by atoms with E-state index < -0.39 is 0 Å². The van der Waals surface area contributed by atoms with E-state index in [0.717, 1.165) is 28.6 Å². The third kappa shape index (κ3) is 2.73. The normalized spacial score (nSPS) is 10.8. The maximum atomic E-state index is 9.56. The van der Waals surface area contributed by atoms with Crippen molar-refractivity contribution in [3.63, 3.8) is 0 Å². The molecule has 106 valence electrons. The molecule has 3 heteroatoms. The van der Waals surface area contributed by atoms with E-state index in [4.69, 9.17) is 4.74 Å². The molecule has 0 radical (unpaired) electrons. The van der Waals surface area contributed by atoms with E-state index in [1.165, 1.54) is 0 Å². The number of pyridine rings is 1. The van der Waals surface area contributed by atoms with Crippen molar-refractivity contribution in [1.29, 1.82) is 0 Å². The Morgan fingerprint density at radius 1 is 1.00 bits per heavy atom. The Labute approximate surface area is 123 Å². The molecule has 0 unspecified atom stereocenters. The average Bonchev–Trinajstić information content (AvgIpc) is 2.54. The predicted octanol–water partition coefficient (Wildman–Crippen LogP) is 4.08. The Balaban J connectivity index is 2.06. The molecule has 0 spiro atoms. The van der Waals surface area contributed by atoms with Gasteiger partial charge in [-0.15, -0.1) is 0 Å². The molecule has 3 nitrogen and oxygen atoms in total. The molecule has 0 fully saturated rings. The maximum Gasteiger partial charge on any atom is 0.225 e. The quantitative estimate of drug-likeness (QED) is 0.782. The zero-order chi connectivity index (χ0) is 14.7. The second-order valence-corrected chi connectivity index (χ2v) is 4.87. The monoisotopic (exact) mass is 279 g/mol. The summed E-state index contributed by atoms with van der Waals surface area (Å²) in [6.07, 6.45) is 0.887. The van der Waals surface area contributed by atoms with Crippen LogP contribution >= 0.6 is 0 Å². The minimum Gasteiger partial charge on any atom is -0.438 e. The minimum absolute atomic E-state index is 0.0958. The fourth-order valence-electron chi connectivity index (χ4n) is 2.34.